The Balaban J connectivity index is 1.91. The van der Waals surface area contributed by atoms with E-state index in [1.807, 2.05) is 0 Å². The lowest BCUT2D eigenvalue weighted by Crippen LogP contribution is -2.58. The highest BCUT2D eigenvalue weighted by Crippen LogP contribution is 2.22. The van der Waals surface area contributed by atoms with E-state index in [9.17, 15) is 4.79 Å². The Labute approximate surface area is 103 Å². The van der Waals surface area contributed by atoms with Crippen molar-refractivity contribution in [2.24, 2.45) is 11.5 Å². The number of fused-ring (bicyclic) bond motifs is 1. The molecule has 2 heterocycles. The minimum Gasteiger partial charge on any atom is -0.370 e. The first kappa shape index (κ1) is 12.8. The normalized spacial score (nSPS) is 28.6. The zero-order valence-corrected chi connectivity index (χ0v) is 10.5. The number of nitrogens with zero attached hydrogens (tertiary/aromatic N) is 2. The Morgan fingerprint density at radius 1 is 1.29 bits per heavy atom. The van der Waals surface area contributed by atoms with Crippen molar-refractivity contribution in [2.45, 2.75) is 37.8 Å². The number of hydrogen-bond donors (Lipinski definition) is 2. The highest BCUT2D eigenvalue weighted by molar-refractivity contribution is 5.74. The molecule has 17 heavy (non-hydrogen) atoms. The van der Waals surface area contributed by atoms with Gasteiger partial charge in [0.05, 0.1) is 0 Å². The summed E-state index contributed by atoms with van der Waals surface area (Å²) in [5.41, 5.74) is 11.0. The molecule has 98 valence electrons. The predicted octanol–water partition coefficient (Wildman–Crippen LogP) is -0.641. The molecule has 0 saturated carbocycles. The topological polar surface area (TPSA) is 75.6 Å². The van der Waals surface area contributed by atoms with Gasteiger partial charge in [0.15, 0.2) is 0 Å². The summed E-state index contributed by atoms with van der Waals surface area (Å²) in [6, 6.07) is 0.802. The Kier molecular flexibility index (Phi) is 4.36. The first-order valence-corrected chi connectivity index (χ1v) is 6.67. The maximum Gasteiger partial charge on any atom is 0.219 e. The number of carbonyl (C=O) groups excluding carboxylic acids is 1. The van der Waals surface area contributed by atoms with Crippen LogP contribution in [-0.2, 0) is 4.79 Å². The summed E-state index contributed by atoms with van der Waals surface area (Å²) in [4.78, 5) is 16.0. The van der Waals surface area contributed by atoms with Gasteiger partial charge >= 0.3 is 0 Å². The average molecular weight is 240 g/mol. The summed E-state index contributed by atoms with van der Waals surface area (Å²) >= 11 is 0. The molecule has 0 spiro atoms. The molecule has 2 unspecified atom stereocenters. The quantitative estimate of drug-likeness (QED) is 0.685. The van der Waals surface area contributed by atoms with E-state index in [2.05, 4.69) is 9.80 Å². The molecule has 1 amide bonds. The van der Waals surface area contributed by atoms with Crippen LogP contribution in [0.2, 0.25) is 0 Å². The highest BCUT2D eigenvalue weighted by Gasteiger charge is 2.31. The lowest BCUT2D eigenvalue weighted by molar-refractivity contribution is -0.119. The van der Waals surface area contributed by atoms with E-state index in [4.69, 9.17) is 11.5 Å². The van der Waals surface area contributed by atoms with Gasteiger partial charge in [-0.2, -0.15) is 0 Å². The van der Waals surface area contributed by atoms with E-state index in [-0.39, 0.29) is 11.9 Å². The highest BCUT2D eigenvalue weighted by atomic mass is 16.1. The molecule has 2 aliphatic rings. The van der Waals surface area contributed by atoms with Crippen molar-refractivity contribution in [2.75, 3.05) is 32.7 Å². The van der Waals surface area contributed by atoms with Crippen LogP contribution in [0, 0.1) is 0 Å². The molecule has 2 fully saturated rings. The number of amides is 1. The second kappa shape index (κ2) is 5.80. The van der Waals surface area contributed by atoms with Gasteiger partial charge in [-0.1, -0.05) is 6.42 Å². The fourth-order valence-corrected chi connectivity index (χ4v) is 3.11. The monoisotopic (exact) mass is 240 g/mol. The summed E-state index contributed by atoms with van der Waals surface area (Å²) in [6.45, 7) is 4.94. The molecule has 2 atom stereocenters. The maximum absolute atomic E-state index is 11.0. The molecule has 2 rings (SSSR count). The second-order valence-corrected chi connectivity index (χ2v) is 5.24. The summed E-state index contributed by atoms with van der Waals surface area (Å²) in [5, 5.41) is 0. The van der Waals surface area contributed by atoms with Crippen LogP contribution in [0.1, 0.15) is 25.7 Å². The van der Waals surface area contributed by atoms with Crippen LogP contribution in [0.3, 0.4) is 0 Å². The van der Waals surface area contributed by atoms with E-state index in [0.717, 1.165) is 19.6 Å². The number of primary amides is 1. The van der Waals surface area contributed by atoms with Gasteiger partial charge in [0, 0.05) is 44.7 Å². The van der Waals surface area contributed by atoms with E-state index >= 15 is 0 Å². The number of piperazine rings is 1. The standard InChI is InChI=1S/C12H24N4O/c13-8-11(7-12(14)17)16-6-5-15-4-2-1-3-10(15)9-16/h10-11H,1-9,13H2,(H2,14,17). The Morgan fingerprint density at radius 3 is 2.82 bits per heavy atom. The Hall–Kier alpha value is -0.650. The predicted molar refractivity (Wildman–Crippen MR) is 67.4 cm³/mol. The SMILES string of the molecule is NCC(CC(N)=O)N1CCN2CCCCC2C1. The molecule has 5 nitrogen and oxygen atoms in total. The third-order valence-corrected chi connectivity index (χ3v) is 4.09. The molecule has 0 aliphatic carbocycles. The van der Waals surface area contributed by atoms with Crippen LogP contribution >= 0.6 is 0 Å². The van der Waals surface area contributed by atoms with Crippen LogP contribution in [0.5, 0.6) is 0 Å². The van der Waals surface area contributed by atoms with E-state index < -0.39 is 0 Å². The smallest absolute Gasteiger partial charge is 0.219 e. The largest absolute Gasteiger partial charge is 0.370 e. The van der Waals surface area contributed by atoms with Gasteiger partial charge < -0.3 is 11.5 Å². The van der Waals surface area contributed by atoms with Crippen molar-refractivity contribution < 1.29 is 4.79 Å². The molecule has 2 saturated heterocycles. The lowest BCUT2D eigenvalue weighted by Gasteiger charge is -2.46. The van der Waals surface area contributed by atoms with Crippen LogP contribution in [0.25, 0.3) is 0 Å². The molecule has 0 aromatic heterocycles. The zero-order valence-electron chi connectivity index (χ0n) is 10.5. The van der Waals surface area contributed by atoms with Gasteiger partial charge in [-0.05, 0) is 19.4 Å². The Bertz CT molecular complexity index is 271. The van der Waals surface area contributed by atoms with Gasteiger partial charge in [0.1, 0.15) is 0 Å². The van der Waals surface area contributed by atoms with Crippen LogP contribution in [0.4, 0.5) is 0 Å². The van der Waals surface area contributed by atoms with E-state index in [1.165, 1.54) is 25.8 Å². The van der Waals surface area contributed by atoms with Gasteiger partial charge in [-0.3, -0.25) is 14.6 Å². The fraction of sp³-hybridized carbons (Fsp3) is 0.917. The second-order valence-electron chi connectivity index (χ2n) is 5.24. The number of hydrogen-bond acceptors (Lipinski definition) is 4. The third kappa shape index (κ3) is 3.18. The van der Waals surface area contributed by atoms with Gasteiger partial charge in [-0.15, -0.1) is 0 Å². The fourth-order valence-electron chi connectivity index (χ4n) is 3.11. The van der Waals surface area contributed by atoms with E-state index in [1.54, 1.807) is 0 Å². The first-order valence-electron chi connectivity index (χ1n) is 6.67. The van der Waals surface area contributed by atoms with Crippen molar-refractivity contribution in [3.8, 4) is 0 Å². The van der Waals surface area contributed by atoms with Crippen molar-refractivity contribution in [1.29, 1.82) is 0 Å². The lowest BCUT2D eigenvalue weighted by atomic mass is 9.98. The van der Waals surface area contributed by atoms with Crippen molar-refractivity contribution >= 4 is 5.91 Å². The summed E-state index contributed by atoms with van der Waals surface area (Å²) < 4.78 is 0. The third-order valence-electron chi connectivity index (χ3n) is 4.09. The van der Waals surface area contributed by atoms with Gasteiger partial charge in [0.25, 0.3) is 0 Å². The molecule has 0 aromatic rings. The molecular formula is C12H24N4O. The number of nitrogens with two attached hydrogens (primary N) is 2. The molecule has 0 aromatic carbocycles. The molecule has 4 N–H and O–H groups in total. The van der Waals surface area contributed by atoms with Crippen molar-refractivity contribution in [3.63, 3.8) is 0 Å². The Morgan fingerprint density at radius 2 is 2.12 bits per heavy atom. The summed E-state index contributed by atoms with van der Waals surface area (Å²) in [5.74, 6) is -0.244. The number of rotatable bonds is 4. The molecule has 2 aliphatic heterocycles. The summed E-state index contributed by atoms with van der Waals surface area (Å²) in [7, 11) is 0. The maximum atomic E-state index is 11.0. The minimum atomic E-state index is -0.244. The summed E-state index contributed by atoms with van der Waals surface area (Å²) in [6.07, 6.45) is 4.34. The molecule has 0 radical (unpaired) electrons. The van der Waals surface area contributed by atoms with Crippen LogP contribution < -0.4 is 11.5 Å². The first-order chi connectivity index (χ1) is 8.20. The minimum absolute atomic E-state index is 0.136. The molecule has 0 bridgehead atoms. The molecule has 5 heteroatoms. The van der Waals surface area contributed by atoms with Gasteiger partial charge in [0.2, 0.25) is 5.91 Å². The molecular weight excluding hydrogens is 216 g/mol. The van der Waals surface area contributed by atoms with Crippen molar-refractivity contribution in [1.82, 2.24) is 9.80 Å². The van der Waals surface area contributed by atoms with E-state index in [0.29, 0.717) is 19.0 Å². The van der Waals surface area contributed by atoms with Crippen LogP contribution in [0.15, 0.2) is 0 Å². The number of piperidine rings is 1. The zero-order chi connectivity index (χ0) is 12.3. The number of carbonyl (C=O) groups is 1. The van der Waals surface area contributed by atoms with Crippen molar-refractivity contribution in [3.05, 3.63) is 0 Å². The average Bonchev–Trinajstić information content (AvgIpc) is 2.35. The van der Waals surface area contributed by atoms with Crippen LogP contribution in [-0.4, -0.2) is 60.5 Å². The van der Waals surface area contributed by atoms with Gasteiger partial charge in [-0.25, -0.2) is 0 Å².